The first-order valence-corrected chi connectivity index (χ1v) is 12.6. The van der Waals surface area contributed by atoms with Gasteiger partial charge in [0.05, 0.1) is 12.4 Å². The van der Waals surface area contributed by atoms with Gasteiger partial charge in [-0.3, -0.25) is 4.79 Å². The molecule has 0 unspecified atom stereocenters. The molecule has 1 N–H and O–H groups in total. The Morgan fingerprint density at radius 2 is 2.08 bits per heavy atom. The average molecular weight is 499 g/mol. The molecule has 1 saturated heterocycles. The van der Waals surface area contributed by atoms with Crippen LogP contribution in [0.25, 0.3) is 23.2 Å². The minimum Gasteiger partial charge on any atom is -0.336 e. The first-order chi connectivity index (χ1) is 17.6. The van der Waals surface area contributed by atoms with E-state index in [1.807, 2.05) is 42.2 Å². The predicted octanol–water partition coefficient (Wildman–Crippen LogP) is 4.19. The summed E-state index contributed by atoms with van der Waals surface area (Å²) in [5, 5.41) is 8.08. The first-order valence-electron chi connectivity index (χ1n) is 11.8. The number of fused-ring (bicyclic) bond motifs is 1. The molecule has 36 heavy (non-hydrogen) atoms. The molecule has 0 radical (unpaired) electrons. The molecule has 0 spiro atoms. The van der Waals surface area contributed by atoms with Crippen LogP contribution >= 0.6 is 11.8 Å². The second-order valence-corrected chi connectivity index (χ2v) is 9.45. The van der Waals surface area contributed by atoms with Gasteiger partial charge in [0.2, 0.25) is 11.7 Å². The van der Waals surface area contributed by atoms with Crippen LogP contribution in [0, 0.1) is 0 Å². The van der Waals surface area contributed by atoms with Gasteiger partial charge in [0, 0.05) is 48.6 Å². The van der Waals surface area contributed by atoms with Crippen LogP contribution in [0.4, 0.5) is 0 Å². The molecule has 5 rings (SSSR count). The Bertz CT molecular complexity index is 1370. The van der Waals surface area contributed by atoms with Crippen molar-refractivity contribution in [1.29, 1.82) is 0 Å². The number of benzene rings is 1. The van der Waals surface area contributed by atoms with Gasteiger partial charge >= 0.3 is 0 Å². The van der Waals surface area contributed by atoms with Crippen LogP contribution in [0.3, 0.4) is 0 Å². The van der Waals surface area contributed by atoms with Gasteiger partial charge in [-0.2, -0.15) is 4.98 Å². The zero-order chi connectivity index (χ0) is 24.9. The minimum absolute atomic E-state index is 0.144. The lowest BCUT2D eigenvalue weighted by atomic mass is 10.1. The molecule has 1 amide bonds. The molecular weight excluding hydrogens is 472 g/mol. The molecule has 9 heteroatoms. The molecule has 3 heterocycles. The van der Waals surface area contributed by atoms with Crippen LogP contribution in [-0.4, -0.2) is 57.1 Å². The fourth-order valence-corrected chi connectivity index (χ4v) is 4.90. The van der Waals surface area contributed by atoms with Crippen molar-refractivity contribution in [1.82, 2.24) is 30.3 Å². The molecule has 3 aromatic rings. The predicted molar refractivity (Wildman–Crippen MR) is 140 cm³/mol. The van der Waals surface area contributed by atoms with Crippen molar-refractivity contribution in [3.05, 3.63) is 84.0 Å². The number of aromatic nitrogens is 4. The number of hydrogen-bond acceptors (Lipinski definition) is 8. The zero-order valence-electron chi connectivity index (χ0n) is 20.0. The summed E-state index contributed by atoms with van der Waals surface area (Å²) in [6, 6.07) is 6.24. The number of carbonyl (C=O) groups excluding carboxylic acids is 1. The summed E-state index contributed by atoms with van der Waals surface area (Å²) < 4.78 is 5.38. The second kappa shape index (κ2) is 10.8. The molecule has 182 valence electrons. The van der Waals surface area contributed by atoms with E-state index in [1.54, 1.807) is 18.5 Å². The fraction of sp³-hybridized carbons (Fsp3) is 0.222. The Balaban J connectivity index is 1.24. The number of allylic oxidation sites excluding steroid dienone is 5. The van der Waals surface area contributed by atoms with Gasteiger partial charge < -0.3 is 14.7 Å². The van der Waals surface area contributed by atoms with E-state index in [4.69, 9.17) is 4.52 Å². The number of amides is 1. The molecule has 0 bridgehead atoms. The molecule has 1 aliphatic carbocycles. The number of nitrogens with one attached hydrogen (secondary N) is 1. The summed E-state index contributed by atoms with van der Waals surface area (Å²) in [6.07, 6.45) is 13.3. The summed E-state index contributed by atoms with van der Waals surface area (Å²) in [5.41, 5.74) is 4.46. The Hall–Kier alpha value is -3.82. The maximum absolute atomic E-state index is 12.9. The lowest BCUT2D eigenvalue weighted by molar-refractivity contribution is -0.127. The van der Waals surface area contributed by atoms with Crippen LogP contribution in [-0.2, 0) is 11.2 Å². The number of nitrogens with zero attached hydrogens (tertiary/aromatic N) is 5. The Morgan fingerprint density at radius 1 is 1.22 bits per heavy atom. The van der Waals surface area contributed by atoms with Crippen LogP contribution in [0.15, 0.2) is 81.5 Å². The van der Waals surface area contributed by atoms with Gasteiger partial charge in [-0.05, 0) is 36.3 Å². The highest BCUT2D eigenvalue weighted by atomic mass is 32.2. The van der Waals surface area contributed by atoms with Gasteiger partial charge in [0.15, 0.2) is 0 Å². The quantitative estimate of drug-likeness (QED) is 0.484. The molecule has 2 aliphatic rings. The van der Waals surface area contributed by atoms with Crippen molar-refractivity contribution in [2.75, 3.05) is 26.2 Å². The number of hydrogen-bond donors (Lipinski definition) is 1. The normalized spacial score (nSPS) is 15.8. The SMILES string of the molecule is C=C/C=C\C(=C/C)c1noc(-c2cnc(Sc3ccc4c(c3)CC(C(=O)N3CCNCC3)=C4)cn2)n1. The van der Waals surface area contributed by atoms with Crippen LogP contribution in [0.1, 0.15) is 23.9 Å². The van der Waals surface area contributed by atoms with Crippen LogP contribution in [0.2, 0.25) is 0 Å². The third-order valence-corrected chi connectivity index (χ3v) is 6.89. The molecule has 0 saturated carbocycles. The minimum atomic E-state index is 0.144. The zero-order valence-corrected chi connectivity index (χ0v) is 20.8. The number of piperazine rings is 1. The van der Waals surface area contributed by atoms with Gasteiger partial charge in [-0.15, -0.1) is 0 Å². The lowest BCUT2D eigenvalue weighted by Crippen LogP contribution is -2.46. The van der Waals surface area contributed by atoms with Gasteiger partial charge in [0.25, 0.3) is 5.89 Å². The summed E-state index contributed by atoms with van der Waals surface area (Å²) in [6.45, 7) is 8.81. The number of carbonyl (C=O) groups is 1. The van der Waals surface area contributed by atoms with Gasteiger partial charge in [0.1, 0.15) is 10.7 Å². The number of rotatable bonds is 7. The Labute approximate surface area is 213 Å². The summed E-state index contributed by atoms with van der Waals surface area (Å²) >= 11 is 1.52. The molecule has 1 aromatic carbocycles. The van der Waals surface area contributed by atoms with Crippen molar-refractivity contribution >= 4 is 29.3 Å². The highest BCUT2D eigenvalue weighted by Crippen LogP contribution is 2.33. The van der Waals surface area contributed by atoms with Crippen LogP contribution < -0.4 is 5.32 Å². The van der Waals surface area contributed by atoms with Crippen molar-refractivity contribution in [3.8, 4) is 11.6 Å². The van der Waals surface area contributed by atoms with E-state index in [0.717, 1.165) is 58.4 Å². The van der Waals surface area contributed by atoms with Crippen molar-refractivity contribution in [3.63, 3.8) is 0 Å². The molecule has 1 aliphatic heterocycles. The summed E-state index contributed by atoms with van der Waals surface area (Å²) in [5.74, 6) is 0.934. The monoisotopic (exact) mass is 498 g/mol. The van der Waals surface area contributed by atoms with E-state index >= 15 is 0 Å². The average Bonchev–Trinajstić information content (AvgIpc) is 3.57. The maximum atomic E-state index is 12.9. The van der Waals surface area contributed by atoms with E-state index in [2.05, 4.69) is 44.1 Å². The van der Waals surface area contributed by atoms with Crippen molar-refractivity contribution in [2.24, 2.45) is 0 Å². The van der Waals surface area contributed by atoms with Crippen molar-refractivity contribution < 1.29 is 9.32 Å². The molecule has 0 atom stereocenters. The second-order valence-electron chi connectivity index (χ2n) is 8.35. The van der Waals surface area contributed by atoms with E-state index in [9.17, 15) is 4.79 Å². The third-order valence-electron chi connectivity index (χ3n) is 5.98. The van der Waals surface area contributed by atoms with E-state index < -0.39 is 0 Å². The topological polar surface area (TPSA) is 97.0 Å². The highest BCUT2D eigenvalue weighted by Gasteiger charge is 2.24. The van der Waals surface area contributed by atoms with Crippen molar-refractivity contribution in [2.45, 2.75) is 23.3 Å². The lowest BCUT2D eigenvalue weighted by Gasteiger charge is -2.27. The molecular formula is C27H26N6O2S. The smallest absolute Gasteiger partial charge is 0.278 e. The molecule has 2 aromatic heterocycles. The molecule has 1 fully saturated rings. The maximum Gasteiger partial charge on any atom is 0.278 e. The summed E-state index contributed by atoms with van der Waals surface area (Å²) in [4.78, 5) is 29.3. The van der Waals surface area contributed by atoms with E-state index in [1.165, 1.54) is 11.8 Å². The standard InChI is InChI=1S/C27H26N6O2S/c1-3-5-6-18(4-2)25-31-26(35-32-25)23-16-30-24(17-29-23)36-22-8-7-19-13-21(14-20(19)15-22)27(34)33-11-9-28-10-12-33/h3-8,13,15-17,28H,1,9-12,14H2,2H3/b6-5-,18-4+. The Morgan fingerprint density at radius 3 is 2.83 bits per heavy atom. The van der Waals surface area contributed by atoms with Gasteiger partial charge in [-0.25, -0.2) is 9.97 Å². The van der Waals surface area contributed by atoms with Crippen LogP contribution in [0.5, 0.6) is 0 Å². The van der Waals surface area contributed by atoms with Gasteiger partial charge in [-0.1, -0.05) is 53.9 Å². The van der Waals surface area contributed by atoms with E-state index in [-0.39, 0.29) is 5.91 Å². The summed E-state index contributed by atoms with van der Waals surface area (Å²) in [7, 11) is 0. The Kier molecular flexibility index (Phi) is 7.20. The largest absolute Gasteiger partial charge is 0.336 e. The highest BCUT2D eigenvalue weighted by molar-refractivity contribution is 7.99. The molecule has 8 nitrogen and oxygen atoms in total. The first kappa shape index (κ1) is 23.9. The van der Waals surface area contributed by atoms with E-state index in [0.29, 0.717) is 23.8 Å². The fourth-order valence-electron chi connectivity index (χ4n) is 4.11. The third kappa shape index (κ3) is 5.22.